The Kier molecular flexibility index (Phi) is 2.59. The second-order valence-corrected chi connectivity index (χ2v) is 4.12. The predicted octanol–water partition coefficient (Wildman–Crippen LogP) is 1.93. The van der Waals surface area contributed by atoms with E-state index >= 15 is 0 Å². The van der Waals surface area contributed by atoms with E-state index in [0.717, 1.165) is 5.56 Å². The number of fused-ring (bicyclic) bond motifs is 1. The Bertz CT molecular complexity index is 481. The second kappa shape index (κ2) is 3.79. The van der Waals surface area contributed by atoms with Crippen LogP contribution in [0.4, 0.5) is 0 Å². The first-order valence-electron chi connectivity index (χ1n) is 4.75. The Hall–Kier alpha value is -1.55. The van der Waals surface area contributed by atoms with Gasteiger partial charge in [-0.15, -0.1) is 0 Å². The summed E-state index contributed by atoms with van der Waals surface area (Å²) in [5.41, 5.74) is 0.874. The van der Waals surface area contributed by atoms with Crippen LogP contribution >= 0.6 is 11.6 Å². The van der Waals surface area contributed by atoms with Gasteiger partial charge in [-0.25, -0.2) is 4.79 Å². The smallest absolute Gasteiger partial charge is 0.377 e. The quantitative estimate of drug-likeness (QED) is 0.634. The van der Waals surface area contributed by atoms with Crippen molar-refractivity contribution in [1.29, 1.82) is 0 Å². The molecule has 0 fully saturated rings. The van der Waals surface area contributed by atoms with Gasteiger partial charge in [0.1, 0.15) is 11.9 Å². The number of Topliss-reactive ketones (excluding diaryl/α,β-unsaturated/α-hetero) is 1. The highest BCUT2D eigenvalue weighted by molar-refractivity contribution is 6.41. The first kappa shape index (κ1) is 11.0. The molecule has 0 bridgehead atoms. The standard InChI is InChI=1S/C11H9ClO4/c1-5-2-7-3-6(9(13)11(14)15)4-8(12)10(7)16-5/h3-5H,2H2,1H3,(H,14,15). The van der Waals surface area contributed by atoms with Crippen molar-refractivity contribution in [2.24, 2.45) is 0 Å². The van der Waals surface area contributed by atoms with E-state index in [1.807, 2.05) is 6.92 Å². The number of hydrogen-bond donors (Lipinski definition) is 1. The molecule has 0 aliphatic carbocycles. The number of ketones is 1. The van der Waals surface area contributed by atoms with E-state index in [2.05, 4.69) is 0 Å². The lowest BCUT2D eigenvalue weighted by atomic mass is 10.0. The molecule has 0 spiro atoms. The van der Waals surface area contributed by atoms with Crippen LogP contribution in [-0.4, -0.2) is 23.0 Å². The van der Waals surface area contributed by atoms with Crippen molar-refractivity contribution in [3.63, 3.8) is 0 Å². The Labute approximate surface area is 96.8 Å². The van der Waals surface area contributed by atoms with E-state index in [4.69, 9.17) is 21.4 Å². The van der Waals surface area contributed by atoms with Crippen molar-refractivity contribution in [2.75, 3.05) is 0 Å². The van der Waals surface area contributed by atoms with Gasteiger partial charge in [0.05, 0.1) is 5.02 Å². The van der Waals surface area contributed by atoms with Gasteiger partial charge in [0.2, 0.25) is 0 Å². The highest BCUT2D eigenvalue weighted by Gasteiger charge is 2.25. The Morgan fingerprint density at radius 1 is 1.50 bits per heavy atom. The van der Waals surface area contributed by atoms with Crippen molar-refractivity contribution < 1.29 is 19.4 Å². The molecule has 1 unspecified atom stereocenters. The highest BCUT2D eigenvalue weighted by atomic mass is 35.5. The van der Waals surface area contributed by atoms with Crippen molar-refractivity contribution in [2.45, 2.75) is 19.4 Å². The van der Waals surface area contributed by atoms with Crippen molar-refractivity contribution in [3.05, 3.63) is 28.3 Å². The third-order valence-electron chi connectivity index (χ3n) is 2.40. The van der Waals surface area contributed by atoms with Crippen LogP contribution in [0.3, 0.4) is 0 Å². The Balaban J connectivity index is 2.46. The summed E-state index contributed by atoms with van der Waals surface area (Å²) in [6.07, 6.45) is 0.637. The third-order valence-corrected chi connectivity index (χ3v) is 2.68. The fourth-order valence-corrected chi connectivity index (χ4v) is 2.02. The molecular formula is C11H9ClO4. The van der Waals surface area contributed by atoms with Gasteiger partial charge in [0.25, 0.3) is 5.78 Å². The van der Waals surface area contributed by atoms with E-state index in [-0.39, 0.29) is 16.7 Å². The van der Waals surface area contributed by atoms with Gasteiger partial charge >= 0.3 is 5.97 Å². The zero-order chi connectivity index (χ0) is 11.9. The van der Waals surface area contributed by atoms with Crippen LogP contribution in [0.5, 0.6) is 5.75 Å². The molecule has 84 valence electrons. The van der Waals surface area contributed by atoms with Crippen LogP contribution in [0.15, 0.2) is 12.1 Å². The predicted molar refractivity (Wildman–Crippen MR) is 57.2 cm³/mol. The van der Waals surface area contributed by atoms with E-state index in [1.54, 1.807) is 0 Å². The summed E-state index contributed by atoms with van der Waals surface area (Å²) in [5, 5.41) is 8.89. The van der Waals surface area contributed by atoms with E-state index in [0.29, 0.717) is 12.2 Å². The number of benzene rings is 1. The van der Waals surface area contributed by atoms with Gasteiger partial charge in [-0.05, 0) is 19.1 Å². The van der Waals surface area contributed by atoms with Crippen LogP contribution in [0.2, 0.25) is 5.02 Å². The molecule has 1 heterocycles. The maximum Gasteiger partial charge on any atom is 0.377 e. The summed E-state index contributed by atoms with van der Waals surface area (Å²) in [5.74, 6) is -1.89. The molecule has 0 radical (unpaired) electrons. The summed E-state index contributed by atoms with van der Waals surface area (Å²) in [6, 6.07) is 2.86. The number of carbonyl (C=O) groups is 2. The van der Waals surface area contributed by atoms with Gasteiger partial charge in [0, 0.05) is 17.5 Å². The molecule has 1 aromatic rings. The van der Waals surface area contributed by atoms with Gasteiger partial charge < -0.3 is 9.84 Å². The second-order valence-electron chi connectivity index (χ2n) is 3.71. The monoisotopic (exact) mass is 240 g/mol. The first-order valence-corrected chi connectivity index (χ1v) is 5.13. The molecule has 0 saturated carbocycles. The average Bonchev–Trinajstić information content (AvgIpc) is 2.57. The zero-order valence-corrected chi connectivity index (χ0v) is 9.25. The minimum absolute atomic E-state index is 0.00248. The molecule has 5 heteroatoms. The Morgan fingerprint density at radius 3 is 2.81 bits per heavy atom. The van der Waals surface area contributed by atoms with Crippen molar-refractivity contribution in [1.82, 2.24) is 0 Å². The fraction of sp³-hybridized carbons (Fsp3) is 0.273. The molecule has 1 N–H and O–H groups in total. The van der Waals surface area contributed by atoms with Gasteiger partial charge in [-0.2, -0.15) is 0 Å². The van der Waals surface area contributed by atoms with Crippen LogP contribution < -0.4 is 4.74 Å². The number of carbonyl (C=O) groups excluding carboxylic acids is 1. The lowest BCUT2D eigenvalue weighted by molar-refractivity contribution is -0.131. The minimum Gasteiger partial charge on any atom is -0.489 e. The molecule has 0 amide bonds. The molecule has 4 nitrogen and oxygen atoms in total. The van der Waals surface area contributed by atoms with E-state index < -0.39 is 11.8 Å². The van der Waals surface area contributed by atoms with Crippen LogP contribution in [0.25, 0.3) is 0 Å². The average molecular weight is 241 g/mol. The summed E-state index contributed by atoms with van der Waals surface area (Å²) in [4.78, 5) is 21.8. The van der Waals surface area contributed by atoms with Crippen LogP contribution in [0.1, 0.15) is 22.8 Å². The molecule has 1 aliphatic heterocycles. The largest absolute Gasteiger partial charge is 0.489 e. The topological polar surface area (TPSA) is 63.6 Å². The highest BCUT2D eigenvalue weighted by Crippen LogP contribution is 2.36. The molecule has 0 aromatic heterocycles. The zero-order valence-electron chi connectivity index (χ0n) is 8.49. The number of aliphatic carboxylic acids is 1. The summed E-state index contributed by atoms with van der Waals surface area (Å²) < 4.78 is 5.44. The SMILES string of the molecule is CC1Cc2cc(C(=O)C(=O)O)cc(Cl)c2O1. The molecule has 0 saturated heterocycles. The molecule has 1 atom stereocenters. The van der Waals surface area contributed by atoms with Gasteiger partial charge in [0.15, 0.2) is 0 Å². The molecule has 1 aromatic carbocycles. The number of halogens is 1. The first-order chi connectivity index (χ1) is 7.49. The summed E-state index contributed by atoms with van der Waals surface area (Å²) in [7, 11) is 0. The van der Waals surface area contributed by atoms with E-state index in [9.17, 15) is 9.59 Å². The number of carboxylic acid groups (broad SMARTS) is 1. The summed E-state index contributed by atoms with van der Waals surface area (Å²) >= 11 is 5.92. The fourth-order valence-electron chi connectivity index (χ4n) is 1.74. The number of carboxylic acids is 1. The van der Waals surface area contributed by atoms with Gasteiger partial charge in [-0.3, -0.25) is 4.79 Å². The molecule has 1 aliphatic rings. The van der Waals surface area contributed by atoms with E-state index in [1.165, 1.54) is 12.1 Å². The number of ether oxygens (including phenoxy) is 1. The molecular weight excluding hydrogens is 232 g/mol. The normalized spacial score (nSPS) is 17.8. The molecule has 2 rings (SSSR count). The van der Waals surface area contributed by atoms with Crippen molar-refractivity contribution in [3.8, 4) is 5.75 Å². The van der Waals surface area contributed by atoms with Crippen LogP contribution in [-0.2, 0) is 11.2 Å². The maximum absolute atomic E-state index is 11.3. The number of rotatable bonds is 2. The lowest BCUT2D eigenvalue weighted by Crippen LogP contribution is -2.12. The number of hydrogen-bond acceptors (Lipinski definition) is 3. The van der Waals surface area contributed by atoms with Crippen LogP contribution in [0, 0.1) is 0 Å². The van der Waals surface area contributed by atoms with Gasteiger partial charge in [-0.1, -0.05) is 11.6 Å². The summed E-state index contributed by atoms with van der Waals surface area (Å²) in [6.45, 7) is 1.88. The third kappa shape index (κ3) is 1.76. The van der Waals surface area contributed by atoms with Crippen molar-refractivity contribution >= 4 is 23.4 Å². The lowest BCUT2D eigenvalue weighted by Gasteiger charge is -2.05. The maximum atomic E-state index is 11.3. The Morgan fingerprint density at radius 2 is 2.19 bits per heavy atom. The minimum atomic E-state index is -1.48. The molecule has 16 heavy (non-hydrogen) atoms.